The van der Waals surface area contributed by atoms with Crippen molar-refractivity contribution in [1.29, 1.82) is 0 Å². The van der Waals surface area contributed by atoms with Crippen LogP contribution in [0.1, 0.15) is 32.6 Å². The van der Waals surface area contributed by atoms with Gasteiger partial charge in [-0.1, -0.05) is 20.8 Å². The second kappa shape index (κ2) is 2.88. The SMILES string of the molecule is CC(C)(C)C1NCCc2cccn21. The highest BCUT2D eigenvalue weighted by molar-refractivity contribution is 5.12. The maximum absolute atomic E-state index is 3.56. The Morgan fingerprint density at radius 3 is 2.92 bits per heavy atom. The Balaban J connectivity index is 2.35. The molecule has 0 fully saturated rings. The molecule has 2 heteroatoms. The Morgan fingerprint density at radius 1 is 1.46 bits per heavy atom. The monoisotopic (exact) mass is 178 g/mol. The van der Waals surface area contributed by atoms with Crippen molar-refractivity contribution in [1.82, 2.24) is 9.88 Å². The summed E-state index contributed by atoms with van der Waals surface area (Å²) in [7, 11) is 0. The number of fused-ring (bicyclic) bond motifs is 1. The highest BCUT2D eigenvalue weighted by Crippen LogP contribution is 2.31. The van der Waals surface area contributed by atoms with E-state index in [1.165, 1.54) is 5.69 Å². The molecule has 0 saturated heterocycles. The third kappa shape index (κ3) is 1.51. The molecule has 0 radical (unpaired) electrons. The third-order valence-corrected chi connectivity index (χ3v) is 2.68. The summed E-state index contributed by atoms with van der Waals surface area (Å²) in [6, 6.07) is 4.36. The van der Waals surface area contributed by atoms with E-state index in [1.54, 1.807) is 0 Å². The Hall–Kier alpha value is -0.760. The number of hydrogen-bond donors (Lipinski definition) is 1. The molecular weight excluding hydrogens is 160 g/mol. The van der Waals surface area contributed by atoms with E-state index in [2.05, 4.69) is 49.0 Å². The van der Waals surface area contributed by atoms with Crippen molar-refractivity contribution >= 4 is 0 Å². The lowest BCUT2D eigenvalue weighted by Crippen LogP contribution is -2.41. The summed E-state index contributed by atoms with van der Waals surface area (Å²) in [4.78, 5) is 0. The highest BCUT2D eigenvalue weighted by Gasteiger charge is 2.28. The molecule has 0 saturated carbocycles. The van der Waals surface area contributed by atoms with Crippen LogP contribution in [0.15, 0.2) is 18.3 Å². The van der Waals surface area contributed by atoms with E-state index in [0.717, 1.165) is 13.0 Å². The topological polar surface area (TPSA) is 17.0 Å². The largest absolute Gasteiger partial charge is 0.335 e. The molecule has 72 valence electrons. The van der Waals surface area contributed by atoms with E-state index >= 15 is 0 Å². The van der Waals surface area contributed by atoms with Crippen LogP contribution < -0.4 is 5.32 Å². The molecule has 0 spiro atoms. The van der Waals surface area contributed by atoms with Crippen LogP contribution in [0, 0.1) is 5.41 Å². The zero-order valence-corrected chi connectivity index (χ0v) is 8.67. The molecule has 1 N–H and O–H groups in total. The molecule has 0 aromatic carbocycles. The van der Waals surface area contributed by atoms with E-state index in [4.69, 9.17) is 0 Å². The van der Waals surface area contributed by atoms with Gasteiger partial charge < -0.3 is 4.57 Å². The lowest BCUT2D eigenvalue weighted by molar-refractivity contribution is 0.181. The Kier molecular flexibility index (Phi) is 1.95. The fourth-order valence-corrected chi connectivity index (χ4v) is 2.05. The molecule has 2 rings (SSSR count). The summed E-state index contributed by atoms with van der Waals surface area (Å²) in [6.07, 6.45) is 3.78. The molecule has 1 aromatic rings. The third-order valence-electron chi connectivity index (χ3n) is 2.68. The summed E-state index contributed by atoms with van der Waals surface area (Å²) in [6.45, 7) is 7.94. The molecule has 1 aliphatic heterocycles. The Labute approximate surface area is 79.9 Å². The van der Waals surface area contributed by atoms with Gasteiger partial charge in [0.15, 0.2) is 0 Å². The van der Waals surface area contributed by atoms with Crippen LogP contribution in [0.3, 0.4) is 0 Å². The first-order chi connectivity index (χ1) is 6.09. The number of hydrogen-bond acceptors (Lipinski definition) is 1. The van der Waals surface area contributed by atoms with Gasteiger partial charge in [0.1, 0.15) is 0 Å². The molecule has 0 amide bonds. The molecule has 2 heterocycles. The zero-order valence-electron chi connectivity index (χ0n) is 8.67. The van der Waals surface area contributed by atoms with Crippen LogP contribution in [0.25, 0.3) is 0 Å². The zero-order chi connectivity index (χ0) is 9.47. The van der Waals surface area contributed by atoms with Crippen molar-refractivity contribution in [2.24, 2.45) is 5.41 Å². The maximum Gasteiger partial charge on any atom is 0.0885 e. The molecule has 13 heavy (non-hydrogen) atoms. The molecule has 1 aromatic heterocycles. The average molecular weight is 178 g/mol. The van der Waals surface area contributed by atoms with E-state index < -0.39 is 0 Å². The predicted octanol–water partition coefficient (Wildman–Crippen LogP) is 2.18. The number of rotatable bonds is 0. The number of nitrogens with zero attached hydrogens (tertiary/aromatic N) is 1. The van der Waals surface area contributed by atoms with Gasteiger partial charge in [-0.05, 0) is 17.5 Å². The van der Waals surface area contributed by atoms with Gasteiger partial charge in [-0.3, -0.25) is 5.32 Å². The second-order valence-corrected chi connectivity index (χ2v) is 4.88. The van der Waals surface area contributed by atoms with Crippen molar-refractivity contribution in [2.45, 2.75) is 33.4 Å². The van der Waals surface area contributed by atoms with Crippen molar-refractivity contribution in [3.63, 3.8) is 0 Å². The van der Waals surface area contributed by atoms with Crippen LogP contribution in [0.4, 0.5) is 0 Å². The fraction of sp³-hybridized carbons (Fsp3) is 0.636. The van der Waals surface area contributed by atoms with Crippen molar-refractivity contribution < 1.29 is 0 Å². The van der Waals surface area contributed by atoms with Gasteiger partial charge in [0.25, 0.3) is 0 Å². The highest BCUT2D eigenvalue weighted by atomic mass is 15.2. The minimum Gasteiger partial charge on any atom is -0.335 e. The summed E-state index contributed by atoms with van der Waals surface area (Å²) in [5.41, 5.74) is 1.74. The van der Waals surface area contributed by atoms with Crippen molar-refractivity contribution in [2.75, 3.05) is 6.54 Å². The normalized spacial score (nSPS) is 22.8. The average Bonchev–Trinajstić information content (AvgIpc) is 2.48. The molecule has 1 unspecified atom stereocenters. The van der Waals surface area contributed by atoms with E-state index in [9.17, 15) is 0 Å². The van der Waals surface area contributed by atoms with Gasteiger partial charge >= 0.3 is 0 Å². The van der Waals surface area contributed by atoms with Crippen LogP contribution in [0.2, 0.25) is 0 Å². The first-order valence-electron chi connectivity index (χ1n) is 4.98. The van der Waals surface area contributed by atoms with Crippen molar-refractivity contribution in [3.05, 3.63) is 24.0 Å². The summed E-state index contributed by atoms with van der Waals surface area (Å²) in [5, 5.41) is 3.56. The van der Waals surface area contributed by atoms with Gasteiger partial charge in [0, 0.05) is 24.9 Å². The molecule has 2 nitrogen and oxygen atoms in total. The standard InChI is InChI=1S/C11H18N2/c1-11(2,3)10-12-7-6-9-5-4-8-13(9)10/h4-5,8,10,12H,6-7H2,1-3H3. The van der Waals surface area contributed by atoms with Crippen LogP contribution in [0.5, 0.6) is 0 Å². The minimum atomic E-state index is 0.286. The molecular formula is C11H18N2. The first kappa shape index (κ1) is 8.82. The fourth-order valence-electron chi connectivity index (χ4n) is 2.05. The molecule has 0 bridgehead atoms. The Bertz CT molecular complexity index is 293. The maximum atomic E-state index is 3.56. The smallest absolute Gasteiger partial charge is 0.0885 e. The van der Waals surface area contributed by atoms with E-state index in [-0.39, 0.29) is 5.41 Å². The van der Waals surface area contributed by atoms with Gasteiger partial charge in [0.05, 0.1) is 6.17 Å². The van der Waals surface area contributed by atoms with Gasteiger partial charge in [0.2, 0.25) is 0 Å². The van der Waals surface area contributed by atoms with Gasteiger partial charge in [-0.2, -0.15) is 0 Å². The van der Waals surface area contributed by atoms with Gasteiger partial charge in [-0.15, -0.1) is 0 Å². The van der Waals surface area contributed by atoms with Crippen molar-refractivity contribution in [3.8, 4) is 0 Å². The lowest BCUT2D eigenvalue weighted by Gasteiger charge is -2.37. The Morgan fingerprint density at radius 2 is 2.23 bits per heavy atom. The number of nitrogens with one attached hydrogen (secondary N) is 1. The second-order valence-electron chi connectivity index (χ2n) is 4.88. The molecule has 0 aliphatic carbocycles. The number of aromatic nitrogens is 1. The minimum absolute atomic E-state index is 0.286. The van der Waals surface area contributed by atoms with Crippen LogP contribution in [-0.4, -0.2) is 11.1 Å². The lowest BCUT2D eigenvalue weighted by atomic mass is 9.91. The first-order valence-corrected chi connectivity index (χ1v) is 4.98. The van der Waals surface area contributed by atoms with Gasteiger partial charge in [-0.25, -0.2) is 0 Å². The van der Waals surface area contributed by atoms with Crippen LogP contribution >= 0.6 is 0 Å². The summed E-state index contributed by atoms with van der Waals surface area (Å²) < 4.78 is 2.36. The quantitative estimate of drug-likeness (QED) is 0.644. The molecule has 1 aliphatic rings. The van der Waals surface area contributed by atoms with E-state index in [1.807, 2.05) is 0 Å². The van der Waals surface area contributed by atoms with E-state index in [0.29, 0.717) is 6.17 Å². The van der Waals surface area contributed by atoms with Crippen LogP contribution in [-0.2, 0) is 6.42 Å². The molecule has 1 atom stereocenters. The summed E-state index contributed by atoms with van der Waals surface area (Å²) >= 11 is 0. The summed E-state index contributed by atoms with van der Waals surface area (Å²) in [5.74, 6) is 0. The predicted molar refractivity (Wildman–Crippen MR) is 54.6 cm³/mol.